The third-order valence-electron chi connectivity index (χ3n) is 6.59. The highest BCUT2D eigenvalue weighted by Crippen LogP contribution is 2.48. The van der Waals surface area contributed by atoms with Gasteiger partial charge in [0.25, 0.3) is 5.78 Å². The lowest BCUT2D eigenvalue weighted by atomic mass is 9.94. The molecule has 4 aromatic rings. The molecule has 1 aromatic heterocycles. The van der Waals surface area contributed by atoms with E-state index in [2.05, 4.69) is 0 Å². The van der Waals surface area contributed by atoms with Crippen molar-refractivity contribution in [3.63, 3.8) is 0 Å². The molecule has 1 N–H and O–H groups in total. The van der Waals surface area contributed by atoms with Gasteiger partial charge in [-0.25, -0.2) is 9.37 Å². The van der Waals surface area contributed by atoms with Crippen LogP contribution in [0.2, 0.25) is 0 Å². The van der Waals surface area contributed by atoms with Crippen LogP contribution in [0.5, 0.6) is 17.2 Å². The number of carbonyl (C=O) groups excluding carboxylic acids is 2. The normalized spacial score (nSPS) is 16.7. The van der Waals surface area contributed by atoms with Gasteiger partial charge in [-0.05, 0) is 73.0 Å². The molecular weight excluding hydrogens is 523 g/mol. The number of Topliss-reactive ketones (excluding diaryl/α,β-unsaturated/α-hetero) is 1. The SMILES string of the molecule is COc1cc([C@H]2C(=C(O)c3ccc(F)cc3)C(=O)C(=O)N2c2nc3c(C)cc(C)cc3s2)cc(OC)c1OC. The van der Waals surface area contributed by atoms with Gasteiger partial charge >= 0.3 is 5.91 Å². The topological polar surface area (TPSA) is 98.2 Å². The minimum Gasteiger partial charge on any atom is -0.507 e. The summed E-state index contributed by atoms with van der Waals surface area (Å²) in [5.41, 5.74) is 3.11. The molecule has 5 rings (SSSR count). The second-order valence-electron chi connectivity index (χ2n) is 9.06. The molecule has 2 heterocycles. The van der Waals surface area contributed by atoms with Crippen LogP contribution < -0.4 is 19.1 Å². The fourth-order valence-corrected chi connectivity index (χ4v) is 6.00. The van der Waals surface area contributed by atoms with Crippen molar-refractivity contribution in [1.29, 1.82) is 0 Å². The molecule has 0 saturated carbocycles. The van der Waals surface area contributed by atoms with Gasteiger partial charge in [0, 0.05) is 5.56 Å². The Morgan fingerprint density at radius 2 is 1.62 bits per heavy atom. The van der Waals surface area contributed by atoms with Crippen LogP contribution in [-0.2, 0) is 9.59 Å². The highest BCUT2D eigenvalue weighted by Gasteiger charge is 2.48. The van der Waals surface area contributed by atoms with Gasteiger partial charge in [-0.2, -0.15) is 0 Å². The molecule has 0 bridgehead atoms. The number of ketones is 1. The van der Waals surface area contributed by atoms with E-state index in [1.54, 1.807) is 12.1 Å². The van der Waals surface area contributed by atoms with Crippen LogP contribution in [0.15, 0.2) is 54.1 Å². The summed E-state index contributed by atoms with van der Waals surface area (Å²) in [6.07, 6.45) is 0. The second kappa shape index (κ2) is 10.0. The molecular formula is C29H25FN2O6S. The van der Waals surface area contributed by atoms with Crippen LogP contribution in [0, 0.1) is 19.7 Å². The maximum absolute atomic E-state index is 13.6. The van der Waals surface area contributed by atoms with Crippen LogP contribution in [0.1, 0.15) is 28.3 Å². The van der Waals surface area contributed by atoms with Gasteiger partial charge in [0.15, 0.2) is 16.6 Å². The van der Waals surface area contributed by atoms with E-state index in [0.717, 1.165) is 28.0 Å². The molecule has 0 spiro atoms. The van der Waals surface area contributed by atoms with Gasteiger partial charge in [0.05, 0.1) is 43.2 Å². The number of aliphatic hydroxyl groups is 1. The first-order valence-corrected chi connectivity index (χ1v) is 12.7. The van der Waals surface area contributed by atoms with E-state index in [0.29, 0.717) is 28.3 Å². The van der Waals surface area contributed by atoms with Crippen molar-refractivity contribution in [2.24, 2.45) is 0 Å². The van der Waals surface area contributed by atoms with Crippen LogP contribution in [0.3, 0.4) is 0 Å². The number of fused-ring (bicyclic) bond motifs is 1. The van der Waals surface area contributed by atoms with E-state index in [-0.39, 0.29) is 16.3 Å². The molecule has 1 saturated heterocycles. The predicted octanol–water partition coefficient (Wildman–Crippen LogP) is 5.70. The lowest BCUT2D eigenvalue weighted by Crippen LogP contribution is -2.29. The van der Waals surface area contributed by atoms with Gasteiger partial charge in [-0.15, -0.1) is 0 Å². The molecule has 0 unspecified atom stereocenters. The van der Waals surface area contributed by atoms with E-state index < -0.39 is 29.3 Å². The lowest BCUT2D eigenvalue weighted by molar-refractivity contribution is -0.132. The van der Waals surface area contributed by atoms with Crippen LogP contribution >= 0.6 is 11.3 Å². The molecule has 8 nitrogen and oxygen atoms in total. The number of hydrogen-bond acceptors (Lipinski definition) is 8. The van der Waals surface area contributed by atoms with Crippen LogP contribution in [0.4, 0.5) is 9.52 Å². The minimum atomic E-state index is -1.09. The van der Waals surface area contributed by atoms with Crippen LogP contribution in [0.25, 0.3) is 16.0 Å². The summed E-state index contributed by atoms with van der Waals surface area (Å²) < 4.78 is 31.0. The fourth-order valence-electron chi connectivity index (χ4n) is 4.83. The van der Waals surface area contributed by atoms with Crippen molar-refractivity contribution in [3.05, 3.63) is 82.2 Å². The van der Waals surface area contributed by atoms with Crippen molar-refractivity contribution < 1.29 is 33.3 Å². The van der Waals surface area contributed by atoms with E-state index in [1.807, 2.05) is 26.0 Å². The number of nitrogens with zero attached hydrogens (tertiary/aromatic N) is 2. The molecule has 0 radical (unpaired) electrons. The third kappa shape index (κ3) is 4.36. The fraction of sp³-hybridized carbons (Fsp3) is 0.207. The summed E-state index contributed by atoms with van der Waals surface area (Å²) >= 11 is 1.27. The summed E-state index contributed by atoms with van der Waals surface area (Å²) in [6.45, 7) is 3.90. The first-order valence-electron chi connectivity index (χ1n) is 11.9. The number of benzene rings is 3. The first kappa shape index (κ1) is 26.2. The Morgan fingerprint density at radius 1 is 0.974 bits per heavy atom. The first-order chi connectivity index (χ1) is 18.7. The van der Waals surface area contributed by atoms with E-state index in [1.165, 1.54) is 49.7 Å². The van der Waals surface area contributed by atoms with Crippen molar-refractivity contribution in [3.8, 4) is 17.2 Å². The Hall–Kier alpha value is -4.44. The lowest BCUT2D eigenvalue weighted by Gasteiger charge is -2.24. The molecule has 200 valence electrons. The number of rotatable bonds is 6. The molecule has 3 aromatic carbocycles. The van der Waals surface area contributed by atoms with Gasteiger partial charge in [0.1, 0.15) is 11.6 Å². The number of aromatic nitrogens is 1. The number of aliphatic hydroxyl groups excluding tert-OH is 1. The average molecular weight is 549 g/mol. The maximum atomic E-state index is 13.6. The molecule has 1 aliphatic heterocycles. The van der Waals surface area contributed by atoms with Crippen molar-refractivity contribution >= 4 is 44.1 Å². The van der Waals surface area contributed by atoms with Crippen molar-refractivity contribution in [1.82, 2.24) is 4.98 Å². The molecule has 1 aliphatic rings. The van der Waals surface area contributed by atoms with Crippen molar-refractivity contribution in [2.75, 3.05) is 26.2 Å². The quantitative estimate of drug-likeness (QED) is 0.187. The summed E-state index contributed by atoms with van der Waals surface area (Å²) in [5.74, 6) is -1.78. The zero-order valence-corrected chi connectivity index (χ0v) is 22.7. The molecule has 1 amide bonds. The Bertz CT molecular complexity index is 1640. The minimum absolute atomic E-state index is 0.173. The smallest absolute Gasteiger partial charge is 0.301 e. The Kier molecular flexibility index (Phi) is 6.73. The Morgan fingerprint density at radius 3 is 2.21 bits per heavy atom. The number of carbonyl (C=O) groups is 2. The largest absolute Gasteiger partial charge is 0.507 e. The maximum Gasteiger partial charge on any atom is 0.301 e. The van der Waals surface area contributed by atoms with Crippen molar-refractivity contribution in [2.45, 2.75) is 19.9 Å². The number of methoxy groups -OCH3 is 3. The Balaban J connectivity index is 1.80. The second-order valence-corrected chi connectivity index (χ2v) is 10.1. The number of amides is 1. The molecule has 1 fully saturated rings. The van der Waals surface area contributed by atoms with E-state index >= 15 is 0 Å². The van der Waals surface area contributed by atoms with Gasteiger partial charge < -0.3 is 19.3 Å². The van der Waals surface area contributed by atoms with Crippen LogP contribution in [-0.4, -0.2) is 43.1 Å². The summed E-state index contributed by atoms with van der Waals surface area (Å²) in [4.78, 5) is 33.1. The highest BCUT2D eigenvalue weighted by molar-refractivity contribution is 7.22. The molecule has 39 heavy (non-hydrogen) atoms. The number of anilines is 1. The third-order valence-corrected chi connectivity index (χ3v) is 7.59. The number of halogens is 1. The standard InChI is InChI=1S/C29H25FN2O6S/c1-14-10-15(2)23-21(11-14)39-29(31-23)32-24(17-12-19(36-3)27(38-5)20(13-17)37-4)22(26(34)28(32)35)25(33)16-6-8-18(30)9-7-16/h6-13,24,33H,1-5H3/t24-/m0/s1. The van der Waals surface area contributed by atoms with E-state index in [4.69, 9.17) is 19.2 Å². The molecule has 1 atom stereocenters. The van der Waals surface area contributed by atoms with Gasteiger partial charge in [-0.3, -0.25) is 14.5 Å². The molecule has 0 aliphatic carbocycles. The number of hydrogen-bond donors (Lipinski definition) is 1. The summed E-state index contributed by atoms with van der Waals surface area (Å²) in [5, 5.41) is 11.6. The van der Waals surface area contributed by atoms with Gasteiger partial charge in [-0.1, -0.05) is 17.4 Å². The number of aryl methyl sites for hydroxylation is 2. The average Bonchev–Trinajstić information content (AvgIpc) is 3.46. The zero-order valence-electron chi connectivity index (χ0n) is 21.9. The van der Waals surface area contributed by atoms with Gasteiger partial charge in [0.2, 0.25) is 5.75 Å². The van der Waals surface area contributed by atoms with E-state index in [9.17, 15) is 19.1 Å². The monoisotopic (exact) mass is 548 g/mol. The Labute approximate surface area is 227 Å². The highest BCUT2D eigenvalue weighted by atomic mass is 32.1. The summed E-state index contributed by atoms with van der Waals surface area (Å²) in [7, 11) is 4.37. The zero-order chi connectivity index (χ0) is 28.0. The molecule has 10 heteroatoms. The number of thiazole rings is 1. The number of ether oxygens (including phenoxy) is 3. The predicted molar refractivity (Wildman–Crippen MR) is 146 cm³/mol. The summed E-state index contributed by atoms with van der Waals surface area (Å²) in [6, 6.07) is 11.1.